The molecule has 0 heterocycles. The smallest absolute Gasteiger partial charge is 0.248 e. The van der Waals surface area contributed by atoms with Gasteiger partial charge in [0.1, 0.15) is 5.82 Å². The summed E-state index contributed by atoms with van der Waals surface area (Å²) in [6, 6.07) is 3.00. The minimum Gasteiger partial charge on any atom is -0.382 e. The molecule has 0 radical (unpaired) electrons. The second-order valence-corrected chi connectivity index (χ2v) is 5.17. The first-order chi connectivity index (χ1) is 8.31. The number of hydrogen-bond donors (Lipinski definition) is 2. The fourth-order valence-electron chi connectivity index (χ4n) is 2.00. The van der Waals surface area contributed by atoms with Crippen LogP contribution in [0, 0.1) is 18.7 Å². The van der Waals surface area contributed by atoms with Gasteiger partial charge in [-0.15, -0.1) is 0 Å². The zero-order valence-electron chi connectivity index (χ0n) is 11.4. The zero-order chi connectivity index (χ0) is 13.9. The largest absolute Gasteiger partial charge is 0.382 e. The van der Waals surface area contributed by atoms with Gasteiger partial charge in [0.05, 0.1) is 0 Å². The summed E-state index contributed by atoms with van der Waals surface area (Å²) in [6.07, 6.45) is 0.974. The van der Waals surface area contributed by atoms with E-state index in [4.69, 9.17) is 5.73 Å². The van der Waals surface area contributed by atoms with E-state index in [0.29, 0.717) is 17.2 Å². The van der Waals surface area contributed by atoms with Gasteiger partial charge in [-0.1, -0.05) is 13.8 Å². The molecule has 3 nitrogen and oxygen atoms in total. The Bertz CT molecular complexity index is 444. The van der Waals surface area contributed by atoms with Crippen LogP contribution in [0.4, 0.5) is 10.1 Å². The second kappa shape index (κ2) is 5.85. The fraction of sp³-hybridized carbons (Fsp3) is 0.500. The molecule has 3 N–H and O–H groups in total. The highest BCUT2D eigenvalue weighted by Crippen LogP contribution is 2.22. The van der Waals surface area contributed by atoms with Crippen LogP contribution in [0.3, 0.4) is 0 Å². The van der Waals surface area contributed by atoms with Crippen LogP contribution in [-0.2, 0) is 0 Å². The summed E-state index contributed by atoms with van der Waals surface area (Å²) < 4.78 is 13.7. The maximum atomic E-state index is 13.7. The van der Waals surface area contributed by atoms with Gasteiger partial charge in [0, 0.05) is 22.9 Å². The van der Waals surface area contributed by atoms with Gasteiger partial charge in [-0.05, 0) is 38.3 Å². The molecular formula is C14H21FN2O. The average molecular weight is 252 g/mol. The molecule has 100 valence electrons. The first-order valence-corrected chi connectivity index (χ1v) is 6.17. The van der Waals surface area contributed by atoms with Gasteiger partial charge in [-0.25, -0.2) is 4.39 Å². The van der Waals surface area contributed by atoms with Crippen molar-refractivity contribution in [2.24, 2.45) is 11.7 Å². The number of carbonyl (C=O) groups is 1. The van der Waals surface area contributed by atoms with E-state index in [9.17, 15) is 9.18 Å². The monoisotopic (exact) mass is 252 g/mol. The summed E-state index contributed by atoms with van der Waals surface area (Å²) in [6.45, 7) is 7.98. The van der Waals surface area contributed by atoms with E-state index < -0.39 is 11.7 Å². The highest BCUT2D eigenvalue weighted by atomic mass is 19.1. The van der Waals surface area contributed by atoms with Crippen LogP contribution in [0.2, 0.25) is 0 Å². The third-order valence-electron chi connectivity index (χ3n) is 2.86. The van der Waals surface area contributed by atoms with Crippen molar-refractivity contribution < 1.29 is 9.18 Å². The molecule has 0 fully saturated rings. The molecule has 1 atom stereocenters. The van der Waals surface area contributed by atoms with Gasteiger partial charge in [-0.3, -0.25) is 4.79 Å². The first-order valence-electron chi connectivity index (χ1n) is 6.17. The Morgan fingerprint density at radius 1 is 1.39 bits per heavy atom. The van der Waals surface area contributed by atoms with Crippen LogP contribution in [-0.4, -0.2) is 11.9 Å². The van der Waals surface area contributed by atoms with Crippen molar-refractivity contribution in [3.05, 3.63) is 29.1 Å². The quantitative estimate of drug-likeness (QED) is 0.846. The van der Waals surface area contributed by atoms with E-state index >= 15 is 0 Å². The summed E-state index contributed by atoms with van der Waals surface area (Å²) in [5.74, 6) is -0.476. The fourth-order valence-corrected chi connectivity index (χ4v) is 2.00. The number of primary amides is 1. The van der Waals surface area contributed by atoms with Crippen molar-refractivity contribution in [3.8, 4) is 0 Å². The van der Waals surface area contributed by atoms with Crippen molar-refractivity contribution in [2.45, 2.75) is 40.2 Å². The van der Waals surface area contributed by atoms with Gasteiger partial charge in [0.25, 0.3) is 0 Å². The number of amides is 1. The van der Waals surface area contributed by atoms with E-state index in [1.165, 1.54) is 6.07 Å². The summed E-state index contributed by atoms with van der Waals surface area (Å²) >= 11 is 0. The van der Waals surface area contributed by atoms with E-state index in [1.54, 1.807) is 13.0 Å². The molecule has 1 aromatic carbocycles. The normalized spacial score (nSPS) is 12.6. The van der Waals surface area contributed by atoms with Crippen LogP contribution in [0.25, 0.3) is 0 Å². The first kappa shape index (κ1) is 14.5. The molecule has 18 heavy (non-hydrogen) atoms. The molecule has 0 aliphatic rings. The molecule has 0 bridgehead atoms. The van der Waals surface area contributed by atoms with E-state index in [2.05, 4.69) is 19.2 Å². The number of benzene rings is 1. The Kier molecular flexibility index (Phi) is 4.70. The molecule has 1 rings (SSSR count). The zero-order valence-corrected chi connectivity index (χ0v) is 11.4. The van der Waals surface area contributed by atoms with Crippen molar-refractivity contribution in [1.82, 2.24) is 0 Å². The van der Waals surface area contributed by atoms with Crippen LogP contribution in [0.1, 0.15) is 43.1 Å². The Balaban J connectivity index is 2.97. The summed E-state index contributed by atoms with van der Waals surface area (Å²) in [4.78, 5) is 11.1. The summed E-state index contributed by atoms with van der Waals surface area (Å²) in [5, 5.41) is 3.23. The van der Waals surface area contributed by atoms with Gasteiger partial charge in [0.15, 0.2) is 0 Å². The second-order valence-electron chi connectivity index (χ2n) is 5.17. The molecular weight excluding hydrogens is 231 g/mol. The molecule has 0 spiro atoms. The van der Waals surface area contributed by atoms with Gasteiger partial charge >= 0.3 is 0 Å². The number of hydrogen-bond acceptors (Lipinski definition) is 2. The lowest BCUT2D eigenvalue weighted by atomic mass is 10.0. The van der Waals surface area contributed by atoms with Crippen molar-refractivity contribution in [2.75, 3.05) is 5.32 Å². The van der Waals surface area contributed by atoms with Crippen LogP contribution in [0.5, 0.6) is 0 Å². The highest BCUT2D eigenvalue weighted by molar-refractivity contribution is 5.94. The van der Waals surface area contributed by atoms with E-state index in [0.717, 1.165) is 6.42 Å². The van der Waals surface area contributed by atoms with Gasteiger partial charge < -0.3 is 11.1 Å². The van der Waals surface area contributed by atoms with Gasteiger partial charge in [0.2, 0.25) is 5.91 Å². The Morgan fingerprint density at radius 2 is 2.00 bits per heavy atom. The number of rotatable bonds is 5. The maximum Gasteiger partial charge on any atom is 0.248 e. The van der Waals surface area contributed by atoms with Crippen LogP contribution < -0.4 is 11.1 Å². The third-order valence-corrected chi connectivity index (χ3v) is 2.86. The van der Waals surface area contributed by atoms with Crippen molar-refractivity contribution in [3.63, 3.8) is 0 Å². The lowest BCUT2D eigenvalue weighted by Crippen LogP contribution is -2.19. The number of carbonyl (C=O) groups excluding carboxylic acids is 1. The lowest BCUT2D eigenvalue weighted by Gasteiger charge is -2.19. The minimum atomic E-state index is -0.617. The van der Waals surface area contributed by atoms with Crippen molar-refractivity contribution >= 4 is 11.6 Å². The molecule has 1 aromatic rings. The predicted octanol–water partition coefficient (Wildman–Crippen LogP) is 3.08. The van der Waals surface area contributed by atoms with E-state index in [-0.39, 0.29) is 11.6 Å². The molecule has 0 aliphatic heterocycles. The topological polar surface area (TPSA) is 55.1 Å². The Hall–Kier alpha value is -1.58. The number of halogens is 1. The SMILES string of the molecule is Cc1c(F)cc(C(N)=O)cc1NC(C)CC(C)C. The Labute approximate surface area is 108 Å². The van der Waals surface area contributed by atoms with Gasteiger partial charge in [-0.2, -0.15) is 0 Å². The van der Waals surface area contributed by atoms with Crippen LogP contribution in [0.15, 0.2) is 12.1 Å². The number of nitrogens with two attached hydrogens (primary N) is 1. The Morgan fingerprint density at radius 3 is 2.50 bits per heavy atom. The van der Waals surface area contributed by atoms with Crippen LogP contribution >= 0.6 is 0 Å². The maximum absolute atomic E-state index is 13.7. The minimum absolute atomic E-state index is 0.192. The van der Waals surface area contributed by atoms with Crippen molar-refractivity contribution in [1.29, 1.82) is 0 Å². The molecule has 1 unspecified atom stereocenters. The summed E-state index contributed by atoms with van der Waals surface area (Å²) in [5.41, 5.74) is 6.52. The molecule has 0 aliphatic carbocycles. The van der Waals surface area contributed by atoms with E-state index in [1.807, 2.05) is 6.92 Å². The molecule has 4 heteroatoms. The average Bonchev–Trinajstić information content (AvgIpc) is 2.22. The number of anilines is 1. The molecule has 1 amide bonds. The predicted molar refractivity (Wildman–Crippen MR) is 72.2 cm³/mol. The lowest BCUT2D eigenvalue weighted by molar-refractivity contribution is 0.1000. The number of nitrogens with one attached hydrogen (secondary N) is 1. The molecule has 0 saturated carbocycles. The highest BCUT2D eigenvalue weighted by Gasteiger charge is 2.12. The standard InChI is InChI=1S/C14H21FN2O/c1-8(2)5-9(3)17-13-7-11(14(16)18)6-12(15)10(13)4/h6-9,17H,5H2,1-4H3,(H2,16,18). The third kappa shape index (κ3) is 3.72. The summed E-state index contributed by atoms with van der Waals surface area (Å²) in [7, 11) is 0. The molecule has 0 aromatic heterocycles. The molecule has 0 saturated heterocycles.